The first-order valence-electron chi connectivity index (χ1n) is 10.9. The summed E-state index contributed by atoms with van der Waals surface area (Å²) in [7, 11) is 0. The summed E-state index contributed by atoms with van der Waals surface area (Å²) in [4.78, 5) is 4.97. The Labute approximate surface area is 205 Å². The quantitative estimate of drug-likeness (QED) is 0.314. The normalized spacial score (nSPS) is 12.8. The number of hydrogen-bond donors (Lipinski definition) is 1. The highest BCUT2D eigenvalue weighted by atomic mass is 35.5. The van der Waals surface area contributed by atoms with Gasteiger partial charge in [0.2, 0.25) is 0 Å². The molecule has 4 aromatic rings. The van der Waals surface area contributed by atoms with Crippen LogP contribution >= 0.6 is 23.2 Å². The van der Waals surface area contributed by atoms with Crippen molar-refractivity contribution in [2.75, 3.05) is 6.61 Å². The summed E-state index contributed by atoms with van der Waals surface area (Å²) in [6.45, 7) is 7.90. The molecule has 0 unspecified atom stereocenters. The Hall–Kier alpha value is -2.43. The lowest BCUT2D eigenvalue weighted by atomic mass is 9.88. The molecular weight excluding hydrogens is 453 g/mol. The van der Waals surface area contributed by atoms with Crippen LogP contribution in [-0.2, 0) is 4.74 Å². The van der Waals surface area contributed by atoms with Crippen LogP contribution < -0.4 is 0 Å². The third kappa shape index (κ3) is 5.23. The van der Waals surface area contributed by atoms with Gasteiger partial charge in [0, 0.05) is 21.0 Å². The van der Waals surface area contributed by atoms with Gasteiger partial charge in [-0.3, -0.25) is 0 Å². The molecule has 1 N–H and O–H groups in total. The van der Waals surface area contributed by atoms with Gasteiger partial charge in [-0.1, -0.05) is 53.5 Å². The summed E-state index contributed by atoms with van der Waals surface area (Å²) in [5, 5.41) is 12.7. The molecule has 1 aromatic heterocycles. The number of fused-ring (bicyclic) bond motifs is 1. The number of aliphatic hydroxyl groups excluding tert-OH is 1. The number of hydrogen-bond acceptors (Lipinski definition) is 3. The Morgan fingerprint density at radius 2 is 1.45 bits per heavy atom. The van der Waals surface area contributed by atoms with Crippen molar-refractivity contribution in [2.24, 2.45) is 0 Å². The van der Waals surface area contributed by atoms with Crippen LogP contribution in [0.4, 0.5) is 0 Å². The van der Waals surface area contributed by atoms with Crippen molar-refractivity contribution in [1.82, 2.24) is 4.98 Å². The summed E-state index contributed by atoms with van der Waals surface area (Å²) < 4.78 is 6.28. The maximum absolute atomic E-state index is 10.3. The predicted octanol–water partition coefficient (Wildman–Crippen LogP) is 8.03. The van der Waals surface area contributed by atoms with E-state index >= 15 is 0 Å². The standard InChI is InChI=1S/C28H27Cl2NO2/c1-17-15-24-22(13-14-23(31-24)18-5-9-20(29)10-6-18)27(19-7-11-21(30)12-8-19)26(17)25(16-32)33-28(2,3)4/h5-15,25,32H,16H2,1-4H3/t25-/m1/s1. The zero-order chi connectivity index (χ0) is 23.8. The molecule has 170 valence electrons. The third-order valence-corrected chi connectivity index (χ3v) is 6.00. The van der Waals surface area contributed by atoms with Gasteiger partial charge in [-0.05, 0) is 86.3 Å². The molecule has 0 aliphatic heterocycles. The van der Waals surface area contributed by atoms with Crippen LogP contribution in [0.2, 0.25) is 10.0 Å². The maximum atomic E-state index is 10.3. The van der Waals surface area contributed by atoms with E-state index in [1.807, 2.05) is 82.3 Å². The van der Waals surface area contributed by atoms with E-state index in [1.165, 1.54) is 0 Å². The highest BCUT2D eigenvalue weighted by Gasteiger charge is 2.26. The van der Waals surface area contributed by atoms with Crippen LogP contribution in [0.25, 0.3) is 33.3 Å². The van der Waals surface area contributed by atoms with Crippen molar-refractivity contribution < 1.29 is 9.84 Å². The first-order chi connectivity index (χ1) is 15.7. The molecule has 3 aromatic carbocycles. The lowest BCUT2D eigenvalue weighted by Crippen LogP contribution is -2.25. The molecule has 5 heteroatoms. The molecule has 0 saturated heterocycles. The molecule has 4 rings (SSSR count). The molecule has 0 saturated carbocycles. The Morgan fingerprint density at radius 1 is 0.879 bits per heavy atom. The van der Waals surface area contributed by atoms with Gasteiger partial charge in [0.05, 0.1) is 23.4 Å². The van der Waals surface area contributed by atoms with Gasteiger partial charge in [0.1, 0.15) is 6.10 Å². The summed E-state index contributed by atoms with van der Waals surface area (Å²) in [5.41, 5.74) is 6.31. The number of rotatable bonds is 5. The molecule has 1 heterocycles. The van der Waals surface area contributed by atoms with E-state index in [1.54, 1.807) is 0 Å². The molecule has 3 nitrogen and oxygen atoms in total. The van der Waals surface area contributed by atoms with Crippen molar-refractivity contribution in [3.05, 3.63) is 87.9 Å². The van der Waals surface area contributed by atoms with E-state index < -0.39 is 11.7 Å². The van der Waals surface area contributed by atoms with Crippen molar-refractivity contribution >= 4 is 34.1 Å². The third-order valence-electron chi connectivity index (χ3n) is 5.50. The molecule has 0 aliphatic carbocycles. The zero-order valence-corrected chi connectivity index (χ0v) is 20.7. The molecule has 33 heavy (non-hydrogen) atoms. The minimum absolute atomic E-state index is 0.125. The second-order valence-electron chi connectivity index (χ2n) is 9.16. The van der Waals surface area contributed by atoms with Gasteiger partial charge in [0.15, 0.2) is 0 Å². The second-order valence-corrected chi connectivity index (χ2v) is 10.0. The van der Waals surface area contributed by atoms with Crippen LogP contribution in [0, 0.1) is 6.92 Å². The van der Waals surface area contributed by atoms with E-state index in [0.717, 1.165) is 44.4 Å². The monoisotopic (exact) mass is 479 g/mol. The number of ether oxygens (including phenoxy) is 1. The largest absolute Gasteiger partial charge is 0.393 e. The molecule has 0 radical (unpaired) electrons. The summed E-state index contributed by atoms with van der Waals surface area (Å²) in [6, 6.07) is 21.6. The lowest BCUT2D eigenvalue weighted by Gasteiger charge is -2.30. The van der Waals surface area contributed by atoms with Gasteiger partial charge < -0.3 is 9.84 Å². The van der Waals surface area contributed by atoms with Crippen LogP contribution in [0.1, 0.15) is 38.0 Å². The zero-order valence-electron chi connectivity index (χ0n) is 19.2. The Kier molecular flexibility index (Phi) is 6.78. The van der Waals surface area contributed by atoms with Crippen LogP contribution in [0.5, 0.6) is 0 Å². The van der Waals surface area contributed by atoms with Gasteiger partial charge in [0.25, 0.3) is 0 Å². The molecular formula is C28H27Cl2NO2. The minimum Gasteiger partial charge on any atom is -0.393 e. The van der Waals surface area contributed by atoms with Crippen molar-refractivity contribution in [1.29, 1.82) is 0 Å². The van der Waals surface area contributed by atoms with E-state index in [0.29, 0.717) is 10.0 Å². The number of aryl methyl sites for hydroxylation is 1. The SMILES string of the molecule is Cc1cc2nc(-c3ccc(Cl)cc3)ccc2c(-c2ccc(Cl)cc2)c1[C@@H](CO)OC(C)(C)C. The average Bonchev–Trinajstić information content (AvgIpc) is 2.77. The Balaban J connectivity index is 1.97. The fourth-order valence-electron chi connectivity index (χ4n) is 4.16. The van der Waals surface area contributed by atoms with Gasteiger partial charge in [-0.25, -0.2) is 4.98 Å². The summed E-state index contributed by atoms with van der Waals surface area (Å²) in [6.07, 6.45) is -0.476. The van der Waals surface area contributed by atoms with E-state index in [9.17, 15) is 5.11 Å². The van der Waals surface area contributed by atoms with Crippen molar-refractivity contribution in [2.45, 2.75) is 39.4 Å². The number of pyridine rings is 1. The smallest absolute Gasteiger partial charge is 0.107 e. The first-order valence-corrected chi connectivity index (χ1v) is 11.7. The molecule has 0 amide bonds. The number of halogens is 2. The number of nitrogens with zero attached hydrogens (tertiary/aromatic N) is 1. The molecule has 0 spiro atoms. The predicted molar refractivity (Wildman–Crippen MR) is 138 cm³/mol. The number of aliphatic hydroxyl groups is 1. The van der Waals surface area contributed by atoms with Crippen LogP contribution in [-0.4, -0.2) is 22.3 Å². The van der Waals surface area contributed by atoms with E-state index in [2.05, 4.69) is 12.1 Å². The van der Waals surface area contributed by atoms with Crippen LogP contribution in [0.3, 0.4) is 0 Å². The van der Waals surface area contributed by atoms with Gasteiger partial charge in [-0.15, -0.1) is 0 Å². The highest BCUT2D eigenvalue weighted by molar-refractivity contribution is 6.31. The number of benzene rings is 3. The van der Waals surface area contributed by atoms with Crippen molar-refractivity contribution in [3.63, 3.8) is 0 Å². The topological polar surface area (TPSA) is 42.4 Å². The summed E-state index contributed by atoms with van der Waals surface area (Å²) >= 11 is 12.2. The fraction of sp³-hybridized carbons (Fsp3) is 0.250. The van der Waals surface area contributed by atoms with Gasteiger partial charge in [-0.2, -0.15) is 0 Å². The average molecular weight is 480 g/mol. The Morgan fingerprint density at radius 3 is 2.00 bits per heavy atom. The van der Waals surface area contributed by atoms with Gasteiger partial charge >= 0.3 is 0 Å². The minimum atomic E-state index is -0.476. The first kappa shape index (κ1) is 23.7. The lowest BCUT2D eigenvalue weighted by molar-refractivity contribution is -0.0821. The molecule has 0 fully saturated rings. The molecule has 0 aliphatic rings. The van der Waals surface area contributed by atoms with Crippen molar-refractivity contribution in [3.8, 4) is 22.4 Å². The number of aromatic nitrogens is 1. The van der Waals surface area contributed by atoms with Crippen LogP contribution in [0.15, 0.2) is 66.7 Å². The summed E-state index contributed by atoms with van der Waals surface area (Å²) in [5.74, 6) is 0. The molecule has 0 bridgehead atoms. The highest BCUT2D eigenvalue weighted by Crippen LogP contribution is 2.40. The van der Waals surface area contributed by atoms with E-state index in [-0.39, 0.29) is 6.61 Å². The fourth-order valence-corrected chi connectivity index (χ4v) is 4.41. The Bertz CT molecular complexity index is 1280. The molecule has 1 atom stereocenters. The maximum Gasteiger partial charge on any atom is 0.107 e. The van der Waals surface area contributed by atoms with E-state index in [4.69, 9.17) is 32.9 Å². The second kappa shape index (κ2) is 9.44.